The van der Waals surface area contributed by atoms with Crippen LogP contribution in [-0.4, -0.2) is 36.7 Å². The molecule has 1 aliphatic carbocycles. The van der Waals surface area contributed by atoms with Gasteiger partial charge in [0, 0.05) is 42.2 Å². The van der Waals surface area contributed by atoms with Crippen LogP contribution in [-0.2, 0) is 13.0 Å². The van der Waals surface area contributed by atoms with E-state index in [-0.39, 0.29) is 0 Å². The zero-order valence-corrected chi connectivity index (χ0v) is 17.4. The van der Waals surface area contributed by atoms with Crippen molar-refractivity contribution in [3.05, 3.63) is 58.9 Å². The molecule has 1 fully saturated rings. The number of aromatic amines is 1. The van der Waals surface area contributed by atoms with Gasteiger partial charge in [0.15, 0.2) is 10.9 Å². The summed E-state index contributed by atoms with van der Waals surface area (Å²) in [5.41, 5.74) is 4.35. The quantitative estimate of drug-likeness (QED) is 0.489. The van der Waals surface area contributed by atoms with E-state index in [1.807, 2.05) is 12.4 Å². The molecule has 156 valence electrons. The molecule has 8 nitrogen and oxygen atoms in total. The molecule has 2 aliphatic rings. The highest BCUT2D eigenvalue weighted by Crippen LogP contribution is 2.41. The summed E-state index contributed by atoms with van der Waals surface area (Å²) < 4.78 is 13.1. The number of nitrogens with zero attached hydrogens (tertiary/aromatic N) is 6. The van der Waals surface area contributed by atoms with Crippen molar-refractivity contribution in [2.45, 2.75) is 31.7 Å². The molecule has 5 heterocycles. The maximum absolute atomic E-state index is 13.1. The molecule has 2 N–H and O–H groups in total. The number of rotatable bonds is 5. The molecule has 0 atom stereocenters. The normalized spacial score (nSPS) is 15.3. The van der Waals surface area contributed by atoms with E-state index in [9.17, 15) is 4.39 Å². The molecule has 6 rings (SSSR count). The maximum atomic E-state index is 13.1. The van der Waals surface area contributed by atoms with Gasteiger partial charge in [0.05, 0.1) is 29.8 Å². The lowest BCUT2D eigenvalue weighted by molar-refractivity contribution is 0.614. The van der Waals surface area contributed by atoms with Crippen LogP contribution in [0.3, 0.4) is 0 Å². The van der Waals surface area contributed by atoms with Crippen LogP contribution in [0.1, 0.15) is 34.9 Å². The molecular formula is C21H19FN8S. The second-order valence-corrected chi connectivity index (χ2v) is 8.89. The molecule has 1 aliphatic heterocycles. The van der Waals surface area contributed by atoms with Crippen LogP contribution >= 0.6 is 11.3 Å². The molecule has 0 aromatic carbocycles. The van der Waals surface area contributed by atoms with Crippen molar-refractivity contribution in [3.63, 3.8) is 0 Å². The monoisotopic (exact) mass is 434 g/mol. The second-order valence-electron chi connectivity index (χ2n) is 7.81. The Morgan fingerprint density at radius 2 is 2.06 bits per heavy atom. The maximum Gasteiger partial charge on any atom is 0.229 e. The van der Waals surface area contributed by atoms with E-state index in [1.54, 1.807) is 11.3 Å². The van der Waals surface area contributed by atoms with Gasteiger partial charge in [0.1, 0.15) is 5.82 Å². The van der Waals surface area contributed by atoms with Crippen LogP contribution in [0.4, 0.5) is 21.3 Å². The molecule has 4 aromatic rings. The van der Waals surface area contributed by atoms with Gasteiger partial charge in [-0.3, -0.25) is 10.1 Å². The number of hydrogen-bond donors (Lipinski definition) is 2. The Kier molecular flexibility index (Phi) is 4.37. The summed E-state index contributed by atoms with van der Waals surface area (Å²) in [5, 5.41) is 11.2. The number of aromatic nitrogens is 6. The molecule has 0 bridgehead atoms. The summed E-state index contributed by atoms with van der Waals surface area (Å²) in [5.74, 6) is 1.46. The van der Waals surface area contributed by atoms with Gasteiger partial charge in [-0.15, -0.1) is 11.3 Å². The van der Waals surface area contributed by atoms with Crippen molar-refractivity contribution in [2.24, 2.45) is 0 Å². The fourth-order valence-electron chi connectivity index (χ4n) is 3.87. The van der Waals surface area contributed by atoms with Gasteiger partial charge in [-0.25, -0.2) is 19.3 Å². The highest BCUT2D eigenvalue weighted by Gasteiger charge is 2.27. The van der Waals surface area contributed by atoms with E-state index >= 15 is 0 Å². The smallest absolute Gasteiger partial charge is 0.229 e. The Bertz CT molecular complexity index is 1230. The van der Waals surface area contributed by atoms with Crippen molar-refractivity contribution >= 4 is 28.2 Å². The molecule has 4 aromatic heterocycles. The fourth-order valence-corrected chi connectivity index (χ4v) is 4.83. The van der Waals surface area contributed by atoms with Crippen molar-refractivity contribution in [1.29, 1.82) is 0 Å². The highest BCUT2D eigenvalue weighted by atomic mass is 32.1. The number of pyridine rings is 1. The predicted octanol–water partition coefficient (Wildman–Crippen LogP) is 4.04. The lowest BCUT2D eigenvalue weighted by Crippen LogP contribution is -2.25. The second kappa shape index (κ2) is 7.38. The summed E-state index contributed by atoms with van der Waals surface area (Å²) in [6.07, 6.45) is 9.37. The standard InChI is InChI=1S/C21H19FN8S/c22-14-8-24-20(25-9-14)28-21-27-18-15-10-26-29-19(15)30(6-4-17(18)31-21)11-12-3-5-23-16(7-12)13-1-2-13/h3,5,7-10,13H,1-2,4,6,11H2,(H,26,29)(H,24,25,27,28). The predicted molar refractivity (Wildman–Crippen MR) is 116 cm³/mol. The molecule has 1 saturated carbocycles. The van der Waals surface area contributed by atoms with Crippen LogP contribution < -0.4 is 10.2 Å². The van der Waals surface area contributed by atoms with Crippen molar-refractivity contribution in [3.8, 4) is 11.3 Å². The first kappa shape index (κ1) is 18.4. The lowest BCUT2D eigenvalue weighted by atomic mass is 10.1. The molecule has 0 radical (unpaired) electrons. The van der Waals surface area contributed by atoms with Crippen LogP contribution in [0.5, 0.6) is 0 Å². The van der Waals surface area contributed by atoms with Crippen LogP contribution in [0.15, 0.2) is 36.9 Å². The van der Waals surface area contributed by atoms with Gasteiger partial charge in [-0.2, -0.15) is 5.10 Å². The van der Waals surface area contributed by atoms with Gasteiger partial charge in [-0.05, 0) is 30.5 Å². The van der Waals surface area contributed by atoms with Crippen molar-refractivity contribution in [2.75, 3.05) is 16.8 Å². The zero-order valence-electron chi connectivity index (χ0n) is 16.5. The molecule has 10 heteroatoms. The number of halogens is 1. The first-order valence-corrected chi connectivity index (χ1v) is 11.0. The van der Waals surface area contributed by atoms with Crippen LogP contribution in [0, 0.1) is 5.82 Å². The summed E-state index contributed by atoms with van der Waals surface area (Å²) in [4.78, 5) is 20.7. The molecule has 0 saturated heterocycles. The van der Waals surface area contributed by atoms with E-state index in [0.29, 0.717) is 17.0 Å². The molecule has 0 amide bonds. The van der Waals surface area contributed by atoms with E-state index in [2.05, 4.69) is 47.5 Å². The number of nitrogens with one attached hydrogen (secondary N) is 2. The summed E-state index contributed by atoms with van der Waals surface area (Å²) in [6, 6.07) is 4.32. The summed E-state index contributed by atoms with van der Waals surface area (Å²) in [6.45, 7) is 1.64. The number of fused-ring (bicyclic) bond motifs is 3. The minimum absolute atomic E-state index is 0.323. The van der Waals surface area contributed by atoms with Crippen LogP contribution in [0.2, 0.25) is 0 Å². The topological polar surface area (TPSA) is 95.5 Å². The van der Waals surface area contributed by atoms with Gasteiger partial charge < -0.3 is 10.2 Å². The van der Waals surface area contributed by atoms with Crippen molar-refractivity contribution < 1.29 is 4.39 Å². The van der Waals surface area contributed by atoms with E-state index in [0.717, 1.165) is 49.0 Å². The summed E-state index contributed by atoms with van der Waals surface area (Å²) >= 11 is 1.56. The van der Waals surface area contributed by atoms with E-state index in [1.165, 1.54) is 29.0 Å². The SMILES string of the molecule is Fc1cnc(Nc2nc3c(s2)CCN(Cc2ccnc(C4CC4)c2)c2[nH]ncc2-3)nc1. The lowest BCUT2D eigenvalue weighted by Gasteiger charge is -2.22. The Morgan fingerprint density at radius 1 is 1.19 bits per heavy atom. The number of hydrogen-bond acceptors (Lipinski definition) is 8. The fraction of sp³-hybridized carbons (Fsp3) is 0.286. The van der Waals surface area contributed by atoms with Gasteiger partial charge in [-0.1, -0.05) is 0 Å². The molecular weight excluding hydrogens is 415 g/mol. The minimum Gasteiger partial charge on any atom is -0.352 e. The molecule has 0 unspecified atom stereocenters. The average molecular weight is 435 g/mol. The van der Waals surface area contributed by atoms with E-state index < -0.39 is 5.82 Å². The van der Waals surface area contributed by atoms with Crippen molar-refractivity contribution in [1.82, 2.24) is 30.1 Å². The Hall–Kier alpha value is -3.40. The van der Waals surface area contributed by atoms with E-state index in [4.69, 9.17) is 4.98 Å². The number of H-pyrrole nitrogens is 1. The average Bonchev–Trinajstić information content (AvgIpc) is 3.42. The third-order valence-corrected chi connectivity index (χ3v) is 6.58. The first-order valence-electron chi connectivity index (χ1n) is 10.2. The number of anilines is 3. The Morgan fingerprint density at radius 3 is 2.90 bits per heavy atom. The molecule has 31 heavy (non-hydrogen) atoms. The third kappa shape index (κ3) is 3.63. The van der Waals surface area contributed by atoms with Gasteiger partial charge in [0.2, 0.25) is 5.95 Å². The van der Waals surface area contributed by atoms with Gasteiger partial charge >= 0.3 is 0 Å². The largest absolute Gasteiger partial charge is 0.352 e. The number of thiazole rings is 1. The minimum atomic E-state index is -0.470. The first-order chi connectivity index (χ1) is 15.2. The summed E-state index contributed by atoms with van der Waals surface area (Å²) in [7, 11) is 0. The zero-order chi connectivity index (χ0) is 20.8. The Labute approximate surface area is 181 Å². The van der Waals surface area contributed by atoms with Crippen LogP contribution in [0.25, 0.3) is 11.3 Å². The van der Waals surface area contributed by atoms with Gasteiger partial charge in [0.25, 0.3) is 0 Å². The molecule has 0 spiro atoms. The third-order valence-electron chi connectivity index (χ3n) is 5.55. The Balaban J connectivity index is 1.27. The highest BCUT2D eigenvalue weighted by molar-refractivity contribution is 7.16.